The largest absolute Gasteiger partial charge is 0.466 e. The minimum Gasteiger partial charge on any atom is -0.466 e. The summed E-state index contributed by atoms with van der Waals surface area (Å²) in [6.45, 7) is 8.52. The van der Waals surface area contributed by atoms with Crippen LogP contribution in [0.5, 0.6) is 0 Å². The Morgan fingerprint density at radius 2 is 2.20 bits per heavy atom. The van der Waals surface area contributed by atoms with E-state index in [1.807, 2.05) is 18.2 Å². The van der Waals surface area contributed by atoms with Crippen molar-refractivity contribution in [2.24, 2.45) is 0 Å². The average molecular weight is 205 g/mol. The van der Waals surface area contributed by atoms with Crippen LogP contribution < -0.4 is 0 Å². The summed E-state index contributed by atoms with van der Waals surface area (Å²) in [5, 5.41) is 0. The van der Waals surface area contributed by atoms with Crippen molar-refractivity contribution in [3.63, 3.8) is 0 Å². The second-order valence-corrected chi connectivity index (χ2v) is 2.73. The van der Waals surface area contributed by atoms with Crippen LogP contribution in [-0.4, -0.2) is 18.1 Å². The fraction of sp³-hybridized carbons (Fsp3) is 0.167. The molecular weight excluding hydrogens is 190 g/mol. The summed E-state index contributed by atoms with van der Waals surface area (Å²) >= 11 is 0. The highest BCUT2D eigenvalue weighted by molar-refractivity contribution is 5.86. The maximum absolute atomic E-state index is 10.2. The third-order valence-corrected chi connectivity index (χ3v) is 1.43. The number of nitrogens with zero attached hydrogens (tertiary/aromatic N) is 1. The molecule has 1 rings (SSSR count). The van der Waals surface area contributed by atoms with Crippen molar-refractivity contribution in [3.05, 3.63) is 48.8 Å². The molecule has 0 aliphatic heterocycles. The maximum atomic E-state index is 10.2. The molecular formula is C12H15NO2. The van der Waals surface area contributed by atoms with Gasteiger partial charge in [0, 0.05) is 11.8 Å². The van der Waals surface area contributed by atoms with Crippen LogP contribution in [0.1, 0.15) is 12.6 Å². The quantitative estimate of drug-likeness (QED) is 0.550. The Bertz CT molecular complexity index is 331. The third-order valence-electron chi connectivity index (χ3n) is 1.43. The first-order valence-electron chi connectivity index (χ1n) is 4.39. The Morgan fingerprint density at radius 3 is 2.40 bits per heavy atom. The number of carbonyl (C=O) groups excluding carboxylic acids is 1. The molecule has 0 aliphatic carbocycles. The summed E-state index contributed by atoms with van der Waals surface area (Å²) in [4.78, 5) is 14.2. The summed E-state index contributed by atoms with van der Waals surface area (Å²) in [5.74, 6) is -0.347. The van der Waals surface area contributed by atoms with E-state index in [1.165, 1.54) is 7.11 Å². The van der Waals surface area contributed by atoms with Gasteiger partial charge in [0.1, 0.15) is 0 Å². The van der Waals surface area contributed by atoms with E-state index in [2.05, 4.69) is 22.9 Å². The fourth-order valence-corrected chi connectivity index (χ4v) is 0.671. The van der Waals surface area contributed by atoms with Crippen LogP contribution in [0.25, 0.3) is 6.08 Å². The smallest absolute Gasteiger partial charge is 0.332 e. The van der Waals surface area contributed by atoms with Crippen molar-refractivity contribution in [1.29, 1.82) is 0 Å². The van der Waals surface area contributed by atoms with Crippen LogP contribution in [0.2, 0.25) is 0 Å². The molecule has 0 saturated carbocycles. The van der Waals surface area contributed by atoms with Gasteiger partial charge in [0.25, 0.3) is 0 Å². The van der Waals surface area contributed by atoms with Gasteiger partial charge in [-0.25, -0.2) is 4.79 Å². The molecule has 0 aliphatic rings. The zero-order valence-electron chi connectivity index (χ0n) is 9.06. The van der Waals surface area contributed by atoms with E-state index in [1.54, 1.807) is 19.2 Å². The van der Waals surface area contributed by atoms with E-state index >= 15 is 0 Å². The summed E-state index contributed by atoms with van der Waals surface area (Å²) in [5.41, 5.74) is 1.36. The minimum absolute atomic E-state index is 0.347. The number of hydrogen-bond acceptors (Lipinski definition) is 3. The van der Waals surface area contributed by atoms with E-state index in [0.717, 1.165) is 5.69 Å². The molecule has 0 atom stereocenters. The second kappa shape index (κ2) is 7.50. The van der Waals surface area contributed by atoms with E-state index in [9.17, 15) is 4.79 Å². The first kappa shape index (κ1) is 13.1. The highest BCUT2D eigenvalue weighted by atomic mass is 16.5. The third kappa shape index (κ3) is 6.21. The van der Waals surface area contributed by atoms with Gasteiger partial charge in [0.2, 0.25) is 0 Å². The number of pyridine rings is 1. The maximum Gasteiger partial charge on any atom is 0.332 e. The fourth-order valence-electron chi connectivity index (χ4n) is 0.671. The van der Waals surface area contributed by atoms with Crippen LogP contribution >= 0.6 is 0 Å². The zero-order chi connectivity index (χ0) is 11.7. The van der Waals surface area contributed by atoms with Crippen molar-refractivity contribution >= 4 is 12.0 Å². The standard InChI is InChI=1S/C7H7N.C5H8O2/c1-2-7-5-3-4-6-8-7;1-4(2)5(6)7-3/h2-6H,1H2;1H2,2-3H3. The van der Waals surface area contributed by atoms with Gasteiger partial charge in [-0.2, -0.15) is 0 Å². The molecule has 1 aromatic rings. The van der Waals surface area contributed by atoms with Crippen molar-refractivity contribution in [1.82, 2.24) is 4.98 Å². The minimum atomic E-state index is -0.347. The Labute approximate surface area is 90.1 Å². The van der Waals surface area contributed by atoms with Gasteiger partial charge in [-0.1, -0.05) is 19.2 Å². The molecule has 3 heteroatoms. The van der Waals surface area contributed by atoms with Crippen LogP contribution in [-0.2, 0) is 9.53 Å². The lowest BCUT2D eigenvalue weighted by atomic mass is 10.4. The summed E-state index contributed by atoms with van der Waals surface area (Å²) in [6, 6.07) is 5.73. The van der Waals surface area contributed by atoms with Crippen molar-refractivity contribution in [3.8, 4) is 0 Å². The molecule has 0 N–H and O–H groups in total. The predicted molar refractivity (Wildman–Crippen MR) is 61.2 cm³/mol. The molecule has 0 radical (unpaired) electrons. The van der Waals surface area contributed by atoms with Crippen LogP contribution in [0.3, 0.4) is 0 Å². The molecule has 3 nitrogen and oxygen atoms in total. The normalized spacial score (nSPS) is 8.13. The average Bonchev–Trinajstić information content (AvgIpc) is 2.29. The lowest BCUT2D eigenvalue weighted by Gasteiger charge is -1.91. The van der Waals surface area contributed by atoms with Gasteiger partial charge in [-0.3, -0.25) is 4.98 Å². The molecule has 15 heavy (non-hydrogen) atoms. The number of aromatic nitrogens is 1. The van der Waals surface area contributed by atoms with E-state index in [0.29, 0.717) is 5.57 Å². The van der Waals surface area contributed by atoms with Gasteiger partial charge in [0.15, 0.2) is 0 Å². The molecule has 0 aromatic carbocycles. The molecule has 80 valence electrons. The molecule has 0 bridgehead atoms. The molecule has 1 heterocycles. The van der Waals surface area contributed by atoms with E-state index in [-0.39, 0.29) is 5.97 Å². The Hall–Kier alpha value is -1.90. The SMILES string of the molecule is C=C(C)C(=O)OC.C=Cc1ccccn1. The number of methoxy groups -OCH3 is 1. The first-order chi connectivity index (χ1) is 7.11. The molecule has 0 saturated heterocycles. The van der Waals surface area contributed by atoms with Crippen LogP contribution in [0.15, 0.2) is 43.1 Å². The van der Waals surface area contributed by atoms with Crippen molar-refractivity contribution in [2.75, 3.05) is 7.11 Å². The van der Waals surface area contributed by atoms with Gasteiger partial charge in [-0.15, -0.1) is 0 Å². The monoisotopic (exact) mass is 205 g/mol. The molecule has 0 fully saturated rings. The summed E-state index contributed by atoms with van der Waals surface area (Å²) in [6.07, 6.45) is 3.47. The molecule has 1 aromatic heterocycles. The number of rotatable bonds is 2. The summed E-state index contributed by atoms with van der Waals surface area (Å²) < 4.78 is 4.27. The topological polar surface area (TPSA) is 39.2 Å². The number of carbonyl (C=O) groups is 1. The van der Waals surface area contributed by atoms with E-state index < -0.39 is 0 Å². The molecule has 0 amide bonds. The predicted octanol–water partition coefficient (Wildman–Crippen LogP) is 2.46. The van der Waals surface area contributed by atoms with Crippen molar-refractivity contribution < 1.29 is 9.53 Å². The molecule has 0 spiro atoms. The second-order valence-electron chi connectivity index (χ2n) is 2.73. The van der Waals surface area contributed by atoms with Crippen LogP contribution in [0, 0.1) is 0 Å². The van der Waals surface area contributed by atoms with Gasteiger partial charge in [-0.05, 0) is 25.1 Å². The number of hydrogen-bond donors (Lipinski definition) is 0. The van der Waals surface area contributed by atoms with Gasteiger partial charge >= 0.3 is 5.97 Å². The summed E-state index contributed by atoms with van der Waals surface area (Å²) in [7, 11) is 1.33. The lowest BCUT2D eigenvalue weighted by Crippen LogP contribution is -1.98. The van der Waals surface area contributed by atoms with Crippen molar-refractivity contribution in [2.45, 2.75) is 6.92 Å². The first-order valence-corrected chi connectivity index (χ1v) is 4.39. The molecule has 0 unspecified atom stereocenters. The zero-order valence-corrected chi connectivity index (χ0v) is 9.06. The Morgan fingerprint density at radius 1 is 1.53 bits per heavy atom. The Kier molecular flexibility index (Phi) is 6.55. The van der Waals surface area contributed by atoms with Gasteiger partial charge in [0.05, 0.1) is 12.8 Å². The highest BCUT2D eigenvalue weighted by Gasteiger charge is 1.95. The van der Waals surface area contributed by atoms with E-state index in [4.69, 9.17) is 0 Å². The number of esters is 1. The highest BCUT2D eigenvalue weighted by Crippen LogP contribution is 1.91. The lowest BCUT2D eigenvalue weighted by molar-refractivity contribution is -0.136. The Balaban J connectivity index is 0.000000265. The van der Waals surface area contributed by atoms with Gasteiger partial charge < -0.3 is 4.74 Å². The van der Waals surface area contributed by atoms with Crippen LogP contribution in [0.4, 0.5) is 0 Å². The number of ether oxygens (including phenoxy) is 1.